The molecule has 2 aromatic carbocycles. The lowest BCUT2D eigenvalue weighted by atomic mass is 9.77. The van der Waals surface area contributed by atoms with Crippen molar-refractivity contribution in [2.45, 2.75) is 37.6 Å². The molecule has 0 N–H and O–H groups in total. The molecule has 2 heterocycles. The molecule has 164 valence electrons. The third kappa shape index (κ3) is 3.93. The molecule has 1 atom stereocenters. The van der Waals surface area contributed by atoms with Gasteiger partial charge in [-0.05, 0) is 63.0 Å². The minimum absolute atomic E-state index is 0.0586. The van der Waals surface area contributed by atoms with E-state index in [9.17, 15) is 4.79 Å². The number of nitrogens with zero attached hydrogens (tertiary/aromatic N) is 4. The van der Waals surface area contributed by atoms with Crippen LogP contribution in [-0.2, 0) is 18.4 Å². The number of hydrogen-bond donors (Lipinski definition) is 0. The highest BCUT2D eigenvalue weighted by molar-refractivity contribution is 5.94. The van der Waals surface area contributed by atoms with Crippen LogP contribution < -0.4 is 0 Å². The molecule has 32 heavy (non-hydrogen) atoms. The summed E-state index contributed by atoms with van der Waals surface area (Å²) in [6, 6.07) is 18.2. The summed E-state index contributed by atoms with van der Waals surface area (Å²) in [4.78, 5) is 27.3. The van der Waals surface area contributed by atoms with Gasteiger partial charge in [-0.3, -0.25) is 4.79 Å². The van der Waals surface area contributed by atoms with Crippen molar-refractivity contribution < 1.29 is 4.79 Å². The first-order chi connectivity index (χ1) is 15.5. The molecule has 0 radical (unpaired) electrons. The van der Waals surface area contributed by atoms with Crippen molar-refractivity contribution in [3.63, 3.8) is 0 Å². The van der Waals surface area contributed by atoms with Crippen molar-refractivity contribution in [1.29, 1.82) is 0 Å². The molecule has 1 saturated heterocycles. The van der Waals surface area contributed by atoms with E-state index in [0.717, 1.165) is 68.0 Å². The van der Waals surface area contributed by atoms with E-state index in [1.165, 1.54) is 11.1 Å². The van der Waals surface area contributed by atoms with E-state index in [0.29, 0.717) is 0 Å². The van der Waals surface area contributed by atoms with Crippen LogP contribution in [0.15, 0.2) is 60.8 Å². The molecule has 2 aliphatic rings. The Morgan fingerprint density at radius 2 is 1.94 bits per heavy atom. The highest BCUT2D eigenvalue weighted by atomic mass is 16.2. The molecule has 0 bridgehead atoms. The van der Waals surface area contributed by atoms with Crippen LogP contribution in [0.25, 0.3) is 11.4 Å². The number of piperidine rings is 1. The molecule has 5 rings (SSSR count). The standard InChI is InChI=1S/C27H30N4O/c1-30(2)18-20-8-6-11-22(16-20)26(32)31-15-7-13-27(19-31)14-12-23-17-28-25(29-24(23)27)21-9-4-3-5-10-21/h3-6,8-11,16-17H,7,12-15,18-19H2,1-2H3. The van der Waals surface area contributed by atoms with E-state index in [4.69, 9.17) is 4.98 Å². The van der Waals surface area contributed by atoms with Crippen LogP contribution in [0.2, 0.25) is 0 Å². The first-order valence-electron chi connectivity index (χ1n) is 11.5. The van der Waals surface area contributed by atoms with E-state index in [2.05, 4.69) is 33.0 Å². The van der Waals surface area contributed by atoms with Crippen LogP contribution in [0.1, 0.15) is 46.4 Å². The van der Waals surface area contributed by atoms with E-state index in [-0.39, 0.29) is 11.3 Å². The zero-order chi connectivity index (χ0) is 22.1. The Morgan fingerprint density at radius 1 is 1.09 bits per heavy atom. The molecule has 1 aromatic heterocycles. The van der Waals surface area contributed by atoms with Gasteiger partial charge in [-0.2, -0.15) is 0 Å². The molecule has 1 aliphatic heterocycles. The number of carbonyl (C=O) groups excluding carboxylic acids is 1. The van der Waals surface area contributed by atoms with Gasteiger partial charge in [0.2, 0.25) is 0 Å². The van der Waals surface area contributed by atoms with Crippen molar-refractivity contribution in [2.75, 3.05) is 27.2 Å². The third-order valence-electron chi connectivity index (χ3n) is 6.81. The maximum atomic E-state index is 13.5. The molecular formula is C27H30N4O. The Balaban J connectivity index is 1.42. The molecule has 5 nitrogen and oxygen atoms in total. The minimum Gasteiger partial charge on any atom is -0.338 e. The van der Waals surface area contributed by atoms with Crippen LogP contribution in [0.5, 0.6) is 0 Å². The SMILES string of the molecule is CN(C)Cc1cccc(C(=O)N2CCCC3(CCc4cnc(-c5ccccc5)nc43)C2)c1. The van der Waals surface area contributed by atoms with Gasteiger partial charge in [-0.1, -0.05) is 42.5 Å². The Labute approximate surface area is 190 Å². The summed E-state index contributed by atoms with van der Waals surface area (Å²) >= 11 is 0. The lowest BCUT2D eigenvalue weighted by Crippen LogP contribution is -2.48. The normalized spacial score (nSPS) is 20.0. The highest BCUT2D eigenvalue weighted by Crippen LogP contribution is 2.44. The molecule has 1 unspecified atom stereocenters. The van der Waals surface area contributed by atoms with Gasteiger partial charge in [0, 0.05) is 42.4 Å². The van der Waals surface area contributed by atoms with Crippen molar-refractivity contribution >= 4 is 5.91 Å². The first kappa shape index (κ1) is 20.8. The number of benzene rings is 2. The Morgan fingerprint density at radius 3 is 2.75 bits per heavy atom. The van der Waals surface area contributed by atoms with E-state index in [1.807, 2.05) is 56.7 Å². The average Bonchev–Trinajstić information content (AvgIpc) is 3.16. The average molecular weight is 427 g/mol. The second-order valence-corrected chi connectivity index (χ2v) is 9.48. The second-order valence-electron chi connectivity index (χ2n) is 9.48. The van der Waals surface area contributed by atoms with Crippen LogP contribution in [-0.4, -0.2) is 52.9 Å². The number of carbonyl (C=O) groups is 1. The molecule has 5 heteroatoms. The monoisotopic (exact) mass is 426 g/mol. The van der Waals surface area contributed by atoms with Gasteiger partial charge in [0.15, 0.2) is 5.82 Å². The predicted octanol–water partition coefficient (Wildman–Crippen LogP) is 4.33. The summed E-state index contributed by atoms with van der Waals surface area (Å²) in [6.45, 7) is 2.38. The second kappa shape index (κ2) is 8.47. The largest absolute Gasteiger partial charge is 0.338 e. The number of aryl methyl sites for hydroxylation is 1. The lowest BCUT2D eigenvalue weighted by Gasteiger charge is -2.40. The smallest absolute Gasteiger partial charge is 0.253 e. The zero-order valence-electron chi connectivity index (χ0n) is 18.9. The van der Waals surface area contributed by atoms with Crippen molar-refractivity contribution in [1.82, 2.24) is 19.8 Å². The van der Waals surface area contributed by atoms with Crippen LogP contribution in [0.4, 0.5) is 0 Å². The fraction of sp³-hybridized carbons (Fsp3) is 0.370. The van der Waals surface area contributed by atoms with Gasteiger partial charge in [-0.15, -0.1) is 0 Å². The lowest BCUT2D eigenvalue weighted by molar-refractivity contribution is 0.0633. The maximum Gasteiger partial charge on any atom is 0.253 e. The molecule has 1 aliphatic carbocycles. The summed E-state index contributed by atoms with van der Waals surface area (Å²) in [6.07, 6.45) is 6.12. The van der Waals surface area contributed by atoms with Gasteiger partial charge in [0.1, 0.15) is 0 Å². The fourth-order valence-electron chi connectivity index (χ4n) is 5.32. The van der Waals surface area contributed by atoms with Crippen molar-refractivity contribution in [3.05, 3.63) is 83.2 Å². The topological polar surface area (TPSA) is 49.3 Å². The Bertz CT molecular complexity index is 1120. The van der Waals surface area contributed by atoms with Crippen LogP contribution in [0, 0.1) is 0 Å². The summed E-state index contributed by atoms with van der Waals surface area (Å²) in [7, 11) is 4.10. The number of amides is 1. The van der Waals surface area contributed by atoms with Crippen LogP contribution >= 0.6 is 0 Å². The predicted molar refractivity (Wildman–Crippen MR) is 126 cm³/mol. The number of rotatable bonds is 4. The summed E-state index contributed by atoms with van der Waals surface area (Å²) in [5.74, 6) is 0.918. The number of fused-ring (bicyclic) bond motifs is 2. The third-order valence-corrected chi connectivity index (χ3v) is 6.81. The van der Waals surface area contributed by atoms with E-state index >= 15 is 0 Å². The maximum absolute atomic E-state index is 13.5. The molecule has 1 fully saturated rings. The first-order valence-corrected chi connectivity index (χ1v) is 11.5. The zero-order valence-corrected chi connectivity index (χ0v) is 18.9. The van der Waals surface area contributed by atoms with E-state index < -0.39 is 0 Å². The summed E-state index contributed by atoms with van der Waals surface area (Å²) < 4.78 is 0. The molecular weight excluding hydrogens is 396 g/mol. The van der Waals surface area contributed by atoms with Crippen molar-refractivity contribution in [2.24, 2.45) is 0 Å². The van der Waals surface area contributed by atoms with Gasteiger partial charge in [0.05, 0.1) is 5.69 Å². The van der Waals surface area contributed by atoms with Crippen LogP contribution in [0.3, 0.4) is 0 Å². The number of hydrogen-bond acceptors (Lipinski definition) is 4. The number of aromatic nitrogens is 2. The fourth-order valence-corrected chi connectivity index (χ4v) is 5.32. The van der Waals surface area contributed by atoms with Gasteiger partial charge in [-0.25, -0.2) is 9.97 Å². The quantitative estimate of drug-likeness (QED) is 0.623. The summed E-state index contributed by atoms with van der Waals surface area (Å²) in [5.41, 5.74) is 5.33. The highest BCUT2D eigenvalue weighted by Gasteiger charge is 2.44. The minimum atomic E-state index is -0.0586. The van der Waals surface area contributed by atoms with Gasteiger partial charge >= 0.3 is 0 Å². The van der Waals surface area contributed by atoms with Crippen molar-refractivity contribution in [3.8, 4) is 11.4 Å². The molecule has 1 spiro atoms. The van der Waals surface area contributed by atoms with Gasteiger partial charge < -0.3 is 9.80 Å². The summed E-state index contributed by atoms with van der Waals surface area (Å²) in [5, 5.41) is 0. The van der Waals surface area contributed by atoms with E-state index in [1.54, 1.807) is 0 Å². The van der Waals surface area contributed by atoms with Gasteiger partial charge in [0.25, 0.3) is 5.91 Å². The molecule has 1 amide bonds. The Hall–Kier alpha value is -3.05. The number of likely N-dealkylation sites (tertiary alicyclic amines) is 1. The Kier molecular flexibility index (Phi) is 5.51. The molecule has 3 aromatic rings. The molecule has 0 saturated carbocycles.